The highest BCUT2D eigenvalue weighted by Gasteiger charge is 2.26. The van der Waals surface area contributed by atoms with E-state index in [0.29, 0.717) is 4.90 Å². The normalized spacial score (nSPS) is 13.8. The van der Waals surface area contributed by atoms with Crippen LogP contribution in [0, 0.1) is 0 Å². The number of hydrogen-bond acceptors (Lipinski definition) is 5. The summed E-state index contributed by atoms with van der Waals surface area (Å²) in [5, 5.41) is 0. The Balaban J connectivity index is 2.00. The Kier molecular flexibility index (Phi) is 5.62. The monoisotopic (exact) mass is 391 g/mol. The van der Waals surface area contributed by atoms with Gasteiger partial charge in [-0.3, -0.25) is 0 Å². The van der Waals surface area contributed by atoms with Gasteiger partial charge in [-0.05, 0) is 57.4 Å². The Bertz CT molecular complexity index is 895. The predicted molar refractivity (Wildman–Crippen MR) is 108 cm³/mol. The summed E-state index contributed by atoms with van der Waals surface area (Å²) in [6.07, 6.45) is 1.03. The number of sulfonamides is 1. The van der Waals surface area contributed by atoms with Crippen LogP contribution in [0.1, 0.15) is 6.42 Å². The average Bonchev–Trinajstić information content (AvgIpc) is 2.60. The first kappa shape index (κ1) is 19.2. The summed E-state index contributed by atoms with van der Waals surface area (Å²) in [7, 11) is 3.83. The van der Waals surface area contributed by atoms with E-state index in [0.717, 1.165) is 35.0 Å². The second-order valence-corrected chi connectivity index (χ2v) is 10.0. The zero-order valence-corrected chi connectivity index (χ0v) is 17.3. The molecule has 1 aliphatic heterocycles. The molecule has 0 saturated carbocycles. The zero-order chi connectivity index (χ0) is 18.9. The summed E-state index contributed by atoms with van der Waals surface area (Å²) in [6, 6.07) is 13.7. The minimum absolute atomic E-state index is 0.335. The van der Waals surface area contributed by atoms with Gasteiger partial charge in [-0.1, -0.05) is 23.9 Å². The fraction of sp³-hybridized carbons (Fsp3) is 0.368. The summed E-state index contributed by atoms with van der Waals surface area (Å²) in [4.78, 5) is 6.96. The zero-order valence-electron chi connectivity index (χ0n) is 15.6. The fourth-order valence-corrected chi connectivity index (χ4v) is 5.11. The lowest BCUT2D eigenvalue weighted by Gasteiger charge is -2.33. The van der Waals surface area contributed by atoms with E-state index in [4.69, 9.17) is 0 Å². The van der Waals surface area contributed by atoms with Gasteiger partial charge in [-0.15, -0.1) is 0 Å². The van der Waals surface area contributed by atoms with Crippen molar-refractivity contribution in [2.45, 2.75) is 21.1 Å². The summed E-state index contributed by atoms with van der Waals surface area (Å²) in [5.74, 6) is 0. The Morgan fingerprint density at radius 1 is 0.962 bits per heavy atom. The number of anilines is 2. The van der Waals surface area contributed by atoms with Crippen molar-refractivity contribution in [3.05, 3.63) is 42.5 Å². The first-order valence-electron chi connectivity index (χ1n) is 8.56. The average molecular weight is 392 g/mol. The molecule has 3 rings (SSSR count). The first-order valence-corrected chi connectivity index (χ1v) is 10.8. The molecule has 5 nitrogen and oxygen atoms in total. The Labute approximate surface area is 160 Å². The molecule has 0 N–H and O–H groups in total. The van der Waals surface area contributed by atoms with E-state index < -0.39 is 10.0 Å². The molecule has 0 amide bonds. The van der Waals surface area contributed by atoms with E-state index >= 15 is 0 Å². The molecule has 0 aliphatic carbocycles. The maximum Gasteiger partial charge on any atom is 0.242 e. The molecule has 0 aromatic heterocycles. The van der Waals surface area contributed by atoms with E-state index in [-0.39, 0.29) is 0 Å². The van der Waals surface area contributed by atoms with E-state index in [9.17, 15) is 8.42 Å². The molecule has 0 saturated heterocycles. The highest BCUT2D eigenvalue weighted by Crippen LogP contribution is 2.48. The quantitative estimate of drug-likeness (QED) is 0.754. The van der Waals surface area contributed by atoms with E-state index in [1.165, 1.54) is 9.99 Å². The Hall–Kier alpha value is -1.54. The minimum Gasteiger partial charge on any atom is -0.340 e. The molecule has 0 radical (unpaired) electrons. The van der Waals surface area contributed by atoms with E-state index in [1.54, 1.807) is 38.0 Å². The second kappa shape index (κ2) is 7.60. The number of rotatable bonds is 6. The van der Waals surface area contributed by atoms with Crippen molar-refractivity contribution in [3.8, 4) is 0 Å². The number of hydrogen-bond donors (Lipinski definition) is 0. The van der Waals surface area contributed by atoms with Crippen LogP contribution in [0.2, 0.25) is 0 Å². The van der Waals surface area contributed by atoms with Gasteiger partial charge in [-0.25, -0.2) is 12.7 Å². The van der Waals surface area contributed by atoms with Crippen LogP contribution in [-0.4, -0.2) is 58.9 Å². The molecule has 1 heterocycles. The molecule has 0 atom stereocenters. The smallest absolute Gasteiger partial charge is 0.242 e. The number of para-hydroxylation sites is 1. The third-order valence-corrected chi connectivity index (χ3v) is 7.29. The predicted octanol–water partition coefficient (Wildman–Crippen LogP) is 3.49. The molecule has 26 heavy (non-hydrogen) atoms. The van der Waals surface area contributed by atoms with Crippen LogP contribution in [0.4, 0.5) is 11.4 Å². The van der Waals surface area contributed by atoms with Gasteiger partial charge in [0.25, 0.3) is 0 Å². The molecule has 2 aromatic carbocycles. The molecule has 7 heteroatoms. The van der Waals surface area contributed by atoms with Gasteiger partial charge in [0.2, 0.25) is 10.0 Å². The van der Waals surface area contributed by atoms with Gasteiger partial charge in [-0.2, -0.15) is 0 Å². The van der Waals surface area contributed by atoms with Crippen LogP contribution in [0.5, 0.6) is 0 Å². The largest absolute Gasteiger partial charge is 0.340 e. The van der Waals surface area contributed by atoms with Crippen molar-refractivity contribution in [1.29, 1.82) is 0 Å². The lowest BCUT2D eigenvalue weighted by molar-refractivity contribution is 0.402. The lowest BCUT2D eigenvalue weighted by atomic mass is 10.2. The van der Waals surface area contributed by atoms with Crippen LogP contribution >= 0.6 is 11.8 Å². The molecule has 140 valence electrons. The molecule has 0 bridgehead atoms. The SMILES string of the molecule is CN(C)CCCN1c2ccccc2Sc2cc(S(=O)(=O)N(C)C)ccc21. The molecule has 0 spiro atoms. The third kappa shape index (κ3) is 3.76. The lowest BCUT2D eigenvalue weighted by Crippen LogP contribution is -2.26. The molecule has 0 fully saturated rings. The standard InChI is InChI=1S/C19H25N3O2S2/c1-20(2)12-7-13-22-16-8-5-6-9-18(16)25-19-14-15(10-11-17(19)22)26(23,24)21(3)4/h5-6,8-11,14H,7,12-13H2,1-4H3. The number of benzene rings is 2. The van der Waals surface area contributed by atoms with Crippen LogP contribution in [-0.2, 0) is 10.0 Å². The van der Waals surface area contributed by atoms with E-state index in [1.807, 2.05) is 18.2 Å². The number of fused-ring (bicyclic) bond motifs is 2. The van der Waals surface area contributed by atoms with Gasteiger partial charge in [0.15, 0.2) is 0 Å². The maximum absolute atomic E-state index is 12.5. The molecule has 0 unspecified atom stereocenters. The van der Waals surface area contributed by atoms with Crippen LogP contribution in [0.3, 0.4) is 0 Å². The fourth-order valence-electron chi connectivity index (χ4n) is 2.97. The highest BCUT2D eigenvalue weighted by molar-refractivity contribution is 7.99. The van der Waals surface area contributed by atoms with Crippen molar-refractivity contribution in [3.63, 3.8) is 0 Å². The summed E-state index contributed by atoms with van der Waals surface area (Å²) < 4.78 is 26.2. The summed E-state index contributed by atoms with van der Waals surface area (Å²) >= 11 is 1.63. The molecule has 2 aromatic rings. The Morgan fingerprint density at radius 2 is 1.65 bits per heavy atom. The molecular weight excluding hydrogens is 366 g/mol. The van der Waals surface area contributed by atoms with E-state index in [2.05, 4.69) is 36.0 Å². The highest BCUT2D eigenvalue weighted by atomic mass is 32.2. The number of nitrogens with zero attached hydrogens (tertiary/aromatic N) is 3. The van der Waals surface area contributed by atoms with Crippen molar-refractivity contribution >= 4 is 33.2 Å². The van der Waals surface area contributed by atoms with Gasteiger partial charge in [0.1, 0.15) is 0 Å². The van der Waals surface area contributed by atoms with Gasteiger partial charge >= 0.3 is 0 Å². The van der Waals surface area contributed by atoms with Gasteiger partial charge < -0.3 is 9.80 Å². The topological polar surface area (TPSA) is 43.9 Å². The van der Waals surface area contributed by atoms with Gasteiger partial charge in [0.05, 0.1) is 16.3 Å². The van der Waals surface area contributed by atoms with Crippen LogP contribution in [0.25, 0.3) is 0 Å². The van der Waals surface area contributed by atoms with Crippen LogP contribution < -0.4 is 4.90 Å². The summed E-state index contributed by atoms with van der Waals surface area (Å²) in [6.45, 7) is 1.90. The third-order valence-electron chi connectivity index (χ3n) is 4.36. The van der Waals surface area contributed by atoms with Crippen molar-refractivity contribution in [2.24, 2.45) is 0 Å². The molecule has 1 aliphatic rings. The second-order valence-electron chi connectivity index (χ2n) is 6.80. The Morgan fingerprint density at radius 3 is 2.35 bits per heavy atom. The van der Waals surface area contributed by atoms with Crippen LogP contribution in [0.15, 0.2) is 57.2 Å². The van der Waals surface area contributed by atoms with Crippen molar-refractivity contribution < 1.29 is 8.42 Å². The van der Waals surface area contributed by atoms with Crippen molar-refractivity contribution in [1.82, 2.24) is 9.21 Å². The van der Waals surface area contributed by atoms with Crippen molar-refractivity contribution in [2.75, 3.05) is 46.2 Å². The van der Waals surface area contributed by atoms with Gasteiger partial charge in [0, 0.05) is 30.4 Å². The first-order chi connectivity index (χ1) is 12.3. The molecular formula is C19H25N3O2S2. The summed E-state index contributed by atoms with van der Waals surface area (Å²) in [5.41, 5.74) is 2.26. The maximum atomic E-state index is 12.5. The minimum atomic E-state index is -3.44.